The first-order chi connectivity index (χ1) is 25.6. The molecule has 2 nitrogen and oxygen atoms in total. The van der Waals surface area contributed by atoms with E-state index < -0.39 is 0 Å². The molecule has 1 aromatic heterocycles. The Hall–Kier alpha value is -5.08. The first kappa shape index (κ1) is 32.6. The van der Waals surface area contributed by atoms with Gasteiger partial charge in [0.05, 0.1) is 5.69 Å². The van der Waals surface area contributed by atoms with Gasteiger partial charge < -0.3 is 9.32 Å². The molecule has 1 heterocycles. The van der Waals surface area contributed by atoms with E-state index in [0.29, 0.717) is 11.8 Å². The van der Waals surface area contributed by atoms with Gasteiger partial charge in [0.2, 0.25) is 0 Å². The summed E-state index contributed by atoms with van der Waals surface area (Å²) < 4.78 is 6.91. The van der Waals surface area contributed by atoms with Crippen molar-refractivity contribution < 1.29 is 4.42 Å². The lowest BCUT2D eigenvalue weighted by Gasteiger charge is -2.31. The summed E-state index contributed by atoms with van der Waals surface area (Å²) >= 11 is 0. The number of rotatable bonds is 5. The van der Waals surface area contributed by atoms with E-state index in [1.54, 1.807) is 0 Å². The van der Waals surface area contributed by atoms with Crippen LogP contribution in [0.1, 0.15) is 118 Å². The molecule has 0 saturated heterocycles. The fraction of sp³-hybridized carbons (Fsp3) is 0.294. The second-order valence-electron chi connectivity index (χ2n) is 17.3. The van der Waals surface area contributed by atoms with Crippen LogP contribution in [0.3, 0.4) is 0 Å². The molecule has 1 spiro atoms. The first-order valence-corrected chi connectivity index (χ1v) is 19.9. The molecule has 264 valence electrons. The highest BCUT2D eigenvalue weighted by Gasteiger charge is 2.45. The molecule has 3 aliphatic carbocycles. The second-order valence-corrected chi connectivity index (χ2v) is 17.3. The number of hydrogen-bond acceptors (Lipinski definition) is 2. The van der Waals surface area contributed by atoms with E-state index in [0.717, 1.165) is 16.9 Å². The van der Waals surface area contributed by atoms with Crippen molar-refractivity contribution in [2.45, 2.75) is 96.8 Å². The number of anilines is 3. The largest absolute Gasteiger partial charge is 0.456 e. The molecule has 6 aromatic carbocycles. The summed E-state index contributed by atoms with van der Waals surface area (Å²) in [6, 6.07) is 42.1. The highest BCUT2D eigenvalue weighted by Crippen LogP contribution is 2.58. The third kappa shape index (κ3) is 4.57. The second kappa shape index (κ2) is 11.5. The number of nitrogens with zero attached hydrogens (tertiary/aromatic N) is 1. The lowest BCUT2D eigenvalue weighted by molar-refractivity contribution is 0.550. The Bertz CT molecular complexity index is 2620. The molecule has 0 aliphatic heterocycles. The van der Waals surface area contributed by atoms with E-state index >= 15 is 0 Å². The van der Waals surface area contributed by atoms with Crippen LogP contribution in [0.2, 0.25) is 0 Å². The first-order valence-electron chi connectivity index (χ1n) is 19.9. The summed E-state index contributed by atoms with van der Waals surface area (Å²) in [5.41, 5.74) is 20.7. The molecule has 3 aliphatic rings. The number of furan rings is 1. The van der Waals surface area contributed by atoms with Crippen molar-refractivity contribution in [2.75, 3.05) is 4.90 Å². The van der Waals surface area contributed by atoms with Gasteiger partial charge in [-0.3, -0.25) is 0 Å². The predicted octanol–water partition coefficient (Wildman–Crippen LogP) is 14.8. The zero-order chi connectivity index (χ0) is 36.4. The van der Waals surface area contributed by atoms with Crippen LogP contribution in [0, 0.1) is 6.92 Å². The summed E-state index contributed by atoms with van der Waals surface area (Å²) in [7, 11) is 0. The fourth-order valence-electron chi connectivity index (χ4n) is 10.4. The molecule has 7 aromatic rings. The lowest BCUT2D eigenvalue weighted by Crippen LogP contribution is -2.21. The maximum absolute atomic E-state index is 6.91. The molecule has 2 heteroatoms. The maximum atomic E-state index is 6.91. The minimum Gasteiger partial charge on any atom is -0.456 e. The molecule has 0 amide bonds. The minimum absolute atomic E-state index is 0.0915. The Kier molecular flexibility index (Phi) is 7.04. The predicted molar refractivity (Wildman–Crippen MR) is 224 cm³/mol. The monoisotopic (exact) mass is 691 g/mol. The van der Waals surface area contributed by atoms with Gasteiger partial charge in [0.25, 0.3) is 0 Å². The Morgan fingerprint density at radius 3 is 1.87 bits per heavy atom. The van der Waals surface area contributed by atoms with Crippen molar-refractivity contribution in [1.82, 2.24) is 0 Å². The minimum atomic E-state index is -0.0970. The standard InChI is InChI=1S/C51H49NO/c1-30(2)33-25-40(31(3)4)49-42(26-33)41-24-32(5)47(29-48(41)53-49)52(34-18-20-38-36-14-8-10-16-43(36)50(6,7)45(38)27-34)35-19-21-39-37-15-9-11-17-44(37)51(46(39)28-35)22-12-13-23-51/h8-11,14-21,24-31H,12-13,22-23H2,1-7H3. The molecule has 0 atom stereocenters. The molecule has 10 rings (SSSR count). The molecule has 0 N–H and O–H groups in total. The van der Waals surface area contributed by atoms with Crippen molar-refractivity contribution in [3.63, 3.8) is 0 Å². The summed E-state index contributed by atoms with van der Waals surface area (Å²) in [4.78, 5) is 2.52. The molecular formula is C51H49NO. The lowest BCUT2D eigenvalue weighted by atomic mass is 9.76. The van der Waals surface area contributed by atoms with Crippen LogP contribution >= 0.6 is 0 Å². The summed E-state index contributed by atoms with van der Waals surface area (Å²) in [6.07, 6.45) is 4.99. The highest BCUT2D eigenvalue weighted by atomic mass is 16.3. The average Bonchev–Trinajstić information content (AvgIpc) is 3.91. The maximum Gasteiger partial charge on any atom is 0.138 e. The summed E-state index contributed by atoms with van der Waals surface area (Å²) in [5, 5.41) is 2.43. The van der Waals surface area contributed by atoms with Gasteiger partial charge in [-0.15, -0.1) is 0 Å². The highest BCUT2D eigenvalue weighted by molar-refractivity contribution is 6.08. The Morgan fingerprint density at radius 2 is 1.19 bits per heavy atom. The van der Waals surface area contributed by atoms with Crippen LogP contribution in [0.4, 0.5) is 17.1 Å². The number of benzene rings is 6. The summed E-state index contributed by atoms with van der Waals surface area (Å²) in [5.74, 6) is 0.813. The van der Waals surface area contributed by atoms with Gasteiger partial charge in [0, 0.05) is 39.0 Å². The quantitative estimate of drug-likeness (QED) is 0.179. The van der Waals surface area contributed by atoms with Crippen molar-refractivity contribution in [1.29, 1.82) is 0 Å². The van der Waals surface area contributed by atoms with Gasteiger partial charge in [-0.2, -0.15) is 0 Å². The van der Waals surface area contributed by atoms with E-state index in [2.05, 4.69) is 163 Å². The van der Waals surface area contributed by atoms with Crippen LogP contribution in [-0.4, -0.2) is 0 Å². The van der Waals surface area contributed by atoms with Gasteiger partial charge in [-0.1, -0.05) is 121 Å². The molecular weight excluding hydrogens is 643 g/mol. The number of aryl methyl sites for hydroxylation is 1. The molecule has 1 saturated carbocycles. The van der Waals surface area contributed by atoms with E-state index in [1.807, 2.05) is 0 Å². The van der Waals surface area contributed by atoms with E-state index in [4.69, 9.17) is 4.42 Å². The van der Waals surface area contributed by atoms with Crippen molar-refractivity contribution >= 4 is 39.0 Å². The third-order valence-electron chi connectivity index (χ3n) is 13.3. The van der Waals surface area contributed by atoms with Crippen molar-refractivity contribution in [3.8, 4) is 22.3 Å². The topological polar surface area (TPSA) is 16.4 Å². The Balaban J connectivity index is 1.22. The van der Waals surface area contributed by atoms with Crippen LogP contribution < -0.4 is 4.90 Å². The third-order valence-corrected chi connectivity index (χ3v) is 13.3. The molecule has 0 unspecified atom stereocenters. The van der Waals surface area contributed by atoms with Crippen molar-refractivity contribution in [3.05, 3.63) is 148 Å². The Labute approximate surface area is 314 Å². The average molecular weight is 692 g/mol. The smallest absolute Gasteiger partial charge is 0.138 e. The molecule has 53 heavy (non-hydrogen) atoms. The summed E-state index contributed by atoms with van der Waals surface area (Å²) in [6.45, 7) is 16.2. The van der Waals surface area contributed by atoms with Crippen LogP contribution in [0.15, 0.2) is 114 Å². The van der Waals surface area contributed by atoms with E-state index in [-0.39, 0.29) is 10.8 Å². The van der Waals surface area contributed by atoms with Gasteiger partial charge >= 0.3 is 0 Å². The van der Waals surface area contributed by atoms with Crippen LogP contribution in [0.25, 0.3) is 44.2 Å². The van der Waals surface area contributed by atoms with Crippen molar-refractivity contribution in [2.24, 2.45) is 0 Å². The number of hydrogen-bond donors (Lipinski definition) is 0. The SMILES string of the molecule is Cc1cc2c(cc1N(c1ccc3c(c1)C(C)(C)c1ccccc1-3)c1ccc3c(c1)C1(CCCC1)c1ccccc1-3)oc1c(C(C)C)cc(C(C)C)cc12. The molecule has 0 radical (unpaired) electrons. The number of fused-ring (bicyclic) bond motifs is 11. The zero-order valence-electron chi connectivity index (χ0n) is 32.2. The van der Waals surface area contributed by atoms with Gasteiger partial charge in [-0.25, -0.2) is 0 Å². The molecule has 1 fully saturated rings. The zero-order valence-corrected chi connectivity index (χ0v) is 32.2. The normalized spacial score (nSPS) is 16.2. The van der Waals surface area contributed by atoms with Gasteiger partial charge in [-0.05, 0) is 129 Å². The van der Waals surface area contributed by atoms with Crippen LogP contribution in [-0.2, 0) is 10.8 Å². The fourth-order valence-corrected chi connectivity index (χ4v) is 10.4. The van der Waals surface area contributed by atoms with Gasteiger partial charge in [0.15, 0.2) is 0 Å². The van der Waals surface area contributed by atoms with E-state index in [9.17, 15) is 0 Å². The van der Waals surface area contributed by atoms with Crippen LogP contribution in [0.5, 0.6) is 0 Å². The van der Waals surface area contributed by atoms with Gasteiger partial charge in [0.1, 0.15) is 11.2 Å². The van der Waals surface area contributed by atoms with E-state index in [1.165, 1.54) is 109 Å². The Morgan fingerprint density at radius 1 is 0.585 bits per heavy atom. The molecule has 0 bridgehead atoms.